The highest BCUT2D eigenvalue weighted by atomic mass is 16.4. The Bertz CT molecular complexity index is 438. The molecule has 112 valence electrons. The van der Waals surface area contributed by atoms with Gasteiger partial charge in [-0.3, -0.25) is 4.90 Å². The van der Waals surface area contributed by atoms with Crippen molar-refractivity contribution in [2.75, 3.05) is 6.54 Å². The minimum Gasteiger partial charge on any atom is -0.444 e. The number of nitrogens with zero attached hydrogens (tertiary/aromatic N) is 2. The lowest BCUT2D eigenvalue weighted by Crippen LogP contribution is -2.42. The topological polar surface area (TPSA) is 49.5 Å². The molecule has 0 bridgehead atoms. The third kappa shape index (κ3) is 2.77. The van der Waals surface area contributed by atoms with E-state index in [9.17, 15) is 5.11 Å². The normalized spacial score (nSPS) is 31.9. The minimum atomic E-state index is -0.109. The van der Waals surface area contributed by atoms with Crippen LogP contribution in [-0.4, -0.2) is 33.7 Å². The Labute approximate surface area is 121 Å². The summed E-state index contributed by atoms with van der Waals surface area (Å²) in [6, 6.07) is 0.512. The molecule has 2 fully saturated rings. The average molecular weight is 278 g/mol. The Hall–Kier alpha value is -0.870. The second-order valence-corrected chi connectivity index (χ2v) is 6.44. The van der Waals surface area contributed by atoms with Gasteiger partial charge in [-0.15, -0.1) is 0 Å². The standard InChI is InChI=1S/C16H26N2O2/c1-11-12(2)20-16(17-11)10-18-9-5-7-14(18)13-6-3-4-8-15(13)19/h13-15,19H,3-10H2,1-2H3/t13-,14+,15+/m0/s1. The van der Waals surface area contributed by atoms with Crippen molar-refractivity contribution in [3.63, 3.8) is 0 Å². The molecule has 20 heavy (non-hydrogen) atoms. The molecule has 0 radical (unpaired) electrons. The maximum absolute atomic E-state index is 10.3. The Morgan fingerprint density at radius 2 is 2.00 bits per heavy atom. The first-order chi connectivity index (χ1) is 9.65. The number of hydrogen-bond acceptors (Lipinski definition) is 4. The summed E-state index contributed by atoms with van der Waals surface area (Å²) in [5.41, 5.74) is 0.994. The zero-order valence-corrected chi connectivity index (χ0v) is 12.6. The van der Waals surface area contributed by atoms with Crippen LogP contribution in [0.25, 0.3) is 0 Å². The fourth-order valence-corrected chi connectivity index (χ4v) is 3.90. The van der Waals surface area contributed by atoms with E-state index in [1.165, 1.54) is 32.1 Å². The molecule has 3 rings (SSSR count). The molecule has 1 aliphatic heterocycles. The van der Waals surface area contributed by atoms with E-state index in [0.717, 1.165) is 36.9 Å². The van der Waals surface area contributed by atoms with Crippen LogP contribution in [-0.2, 0) is 6.54 Å². The quantitative estimate of drug-likeness (QED) is 0.923. The highest BCUT2D eigenvalue weighted by Gasteiger charge is 2.37. The summed E-state index contributed by atoms with van der Waals surface area (Å²) in [4.78, 5) is 6.98. The van der Waals surface area contributed by atoms with Crippen molar-refractivity contribution in [3.05, 3.63) is 17.3 Å². The molecule has 0 spiro atoms. The van der Waals surface area contributed by atoms with Gasteiger partial charge in [0.2, 0.25) is 5.89 Å². The Morgan fingerprint density at radius 3 is 2.70 bits per heavy atom. The van der Waals surface area contributed by atoms with Gasteiger partial charge in [0, 0.05) is 12.0 Å². The molecule has 3 atom stereocenters. The molecule has 1 aliphatic carbocycles. The van der Waals surface area contributed by atoms with Crippen LogP contribution in [0.2, 0.25) is 0 Å². The predicted molar refractivity (Wildman–Crippen MR) is 77.4 cm³/mol. The summed E-state index contributed by atoms with van der Waals surface area (Å²) >= 11 is 0. The van der Waals surface area contributed by atoms with Crippen molar-refractivity contribution in [1.29, 1.82) is 0 Å². The van der Waals surface area contributed by atoms with E-state index in [2.05, 4.69) is 9.88 Å². The monoisotopic (exact) mass is 278 g/mol. The number of rotatable bonds is 3. The van der Waals surface area contributed by atoms with Gasteiger partial charge in [0.25, 0.3) is 0 Å². The molecule has 0 unspecified atom stereocenters. The zero-order valence-electron chi connectivity index (χ0n) is 12.6. The highest BCUT2D eigenvalue weighted by Crippen LogP contribution is 2.35. The predicted octanol–water partition coefficient (Wildman–Crippen LogP) is 2.81. The van der Waals surface area contributed by atoms with Gasteiger partial charge in [0.15, 0.2) is 0 Å². The summed E-state index contributed by atoms with van der Waals surface area (Å²) in [6.07, 6.45) is 6.93. The van der Waals surface area contributed by atoms with Gasteiger partial charge in [-0.25, -0.2) is 4.98 Å². The van der Waals surface area contributed by atoms with Crippen molar-refractivity contribution in [3.8, 4) is 0 Å². The fraction of sp³-hybridized carbons (Fsp3) is 0.812. The number of aliphatic hydroxyl groups excluding tert-OH is 1. The number of hydrogen-bond donors (Lipinski definition) is 1. The lowest BCUT2D eigenvalue weighted by molar-refractivity contribution is 0.0181. The van der Waals surface area contributed by atoms with Gasteiger partial charge >= 0.3 is 0 Å². The van der Waals surface area contributed by atoms with Crippen molar-refractivity contribution in [2.45, 2.75) is 71.1 Å². The molecule has 4 nitrogen and oxygen atoms in total. The molecule has 2 heterocycles. The molecular weight excluding hydrogens is 252 g/mol. The second kappa shape index (κ2) is 5.86. The second-order valence-electron chi connectivity index (χ2n) is 6.44. The van der Waals surface area contributed by atoms with Crippen LogP contribution in [0.5, 0.6) is 0 Å². The molecule has 0 aromatic carbocycles. The molecule has 1 aromatic heterocycles. The first kappa shape index (κ1) is 14.1. The summed E-state index contributed by atoms with van der Waals surface area (Å²) in [5, 5.41) is 10.3. The van der Waals surface area contributed by atoms with Crippen molar-refractivity contribution in [2.24, 2.45) is 5.92 Å². The van der Waals surface area contributed by atoms with E-state index in [1.54, 1.807) is 0 Å². The number of oxazole rings is 1. The van der Waals surface area contributed by atoms with Gasteiger partial charge < -0.3 is 9.52 Å². The molecule has 1 aromatic rings. The number of aryl methyl sites for hydroxylation is 2. The average Bonchev–Trinajstić information content (AvgIpc) is 2.98. The molecule has 0 amide bonds. The third-order valence-electron chi connectivity index (χ3n) is 5.10. The molecule has 2 aliphatic rings. The first-order valence-corrected chi connectivity index (χ1v) is 8.00. The van der Waals surface area contributed by atoms with Crippen molar-refractivity contribution in [1.82, 2.24) is 9.88 Å². The molecular formula is C16H26N2O2. The Morgan fingerprint density at radius 1 is 1.20 bits per heavy atom. The van der Waals surface area contributed by atoms with E-state index < -0.39 is 0 Å². The van der Waals surface area contributed by atoms with Crippen LogP contribution in [0, 0.1) is 19.8 Å². The fourth-order valence-electron chi connectivity index (χ4n) is 3.90. The summed E-state index contributed by atoms with van der Waals surface area (Å²) in [5.74, 6) is 2.20. The van der Waals surface area contributed by atoms with Gasteiger partial charge in [0.05, 0.1) is 18.3 Å². The van der Waals surface area contributed by atoms with E-state index in [-0.39, 0.29) is 6.10 Å². The Kier molecular flexibility index (Phi) is 4.13. The maximum Gasteiger partial charge on any atom is 0.208 e. The number of aliphatic hydroxyl groups is 1. The van der Waals surface area contributed by atoms with Crippen LogP contribution in [0.3, 0.4) is 0 Å². The van der Waals surface area contributed by atoms with Crippen LogP contribution < -0.4 is 0 Å². The minimum absolute atomic E-state index is 0.109. The number of likely N-dealkylation sites (tertiary alicyclic amines) is 1. The van der Waals surface area contributed by atoms with E-state index in [4.69, 9.17) is 4.42 Å². The summed E-state index contributed by atoms with van der Waals surface area (Å²) < 4.78 is 5.72. The van der Waals surface area contributed by atoms with Gasteiger partial charge in [-0.05, 0) is 46.1 Å². The van der Waals surface area contributed by atoms with Crippen molar-refractivity contribution < 1.29 is 9.52 Å². The number of aromatic nitrogens is 1. The van der Waals surface area contributed by atoms with Gasteiger partial charge in [-0.1, -0.05) is 12.8 Å². The van der Waals surface area contributed by atoms with Crippen molar-refractivity contribution >= 4 is 0 Å². The summed E-state index contributed by atoms with van der Waals surface area (Å²) in [6.45, 7) is 5.86. The zero-order chi connectivity index (χ0) is 14.1. The van der Waals surface area contributed by atoms with E-state index in [1.807, 2.05) is 13.8 Å². The van der Waals surface area contributed by atoms with E-state index in [0.29, 0.717) is 12.0 Å². The van der Waals surface area contributed by atoms with Crippen LogP contribution in [0.15, 0.2) is 4.42 Å². The highest BCUT2D eigenvalue weighted by molar-refractivity contribution is 5.05. The molecule has 1 saturated heterocycles. The van der Waals surface area contributed by atoms with Gasteiger partial charge in [0.1, 0.15) is 5.76 Å². The van der Waals surface area contributed by atoms with E-state index >= 15 is 0 Å². The van der Waals surface area contributed by atoms with Crippen LogP contribution in [0.4, 0.5) is 0 Å². The third-order valence-corrected chi connectivity index (χ3v) is 5.10. The Balaban J connectivity index is 1.68. The molecule has 1 N–H and O–H groups in total. The lowest BCUT2D eigenvalue weighted by atomic mass is 9.80. The van der Waals surface area contributed by atoms with Crippen LogP contribution in [0.1, 0.15) is 55.9 Å². The first-order valence-electron chi connectivity index (χ1n) is 8.00. The summed E-state index contributed by atoms with van der Waals surface area (Å²) in [7, 11) is 0. The maximum atomic E-state index is 10.3. The van der Waals surface area contributed by atoms with Gasteiger partial charge in [-0.2, -0.15) is 0 Å². The molecule has 4 heteroatoms. The van der Waals surface area contributed by atoms with Crippen LogP contribution >= 0.6 is 0 Å². The lowest BCUT2D eigenvalue weighted by Gasteiger charge is -2.36. The molecule has 1 saturated carbocycles. The SMILES string of the molecule is Cc1nc(CN2CCC[C@@H]2[C@@H]2CCCC[C@H]2O)oc1C. The smallest absolute Gasteiger partial charge is 0.208 e. The largest absolute Gasteiger partial charge is 0.444 e.